The molecule has 3 amide bonds. The number of carbonyl (C=O) groups is 3. The number of nitrogens with one attached hydrogen (secondary N) is 2. The fraction of sp³-hybridized carbons (Fsp3) is 0.370. The van der Waals surface area contributed by atoms with Gasteiger partial charge in [-0.2, -0.15) is 0 Å². The maximum atomic E-state index is 13.2. The summed E-state index contributed by atoms with van der Waals surface area (Å²) in [6, 6.07) is 3.11. The molecule has 0 aliphatic carbocycles. The van der Waals surface area contributed by atoms with E-state index < -0.39 is 23.5 Å². The van der Waals surface area contributed by atoms with Crippen molar-refractivity contribution in [1.82, 2.24) is 34.3 Å². The number of carboxylic acid groups (broad SMARTS) is 1. The Morgan fingerprint density at radius 1 is 1.20 bits per heavy atom. The van der Waals surface area contributed by atoms with Crippen molar-refractivity contribution in [2.24, 2.45) is 5.92 Å². The zero-order valence-corrected chi connectivity index (χ0v) is 23.2. The molecule has 3 rings (SSSR count). The number of rotatable bonds is 11. The Hall–Kier alpha value is -4.81. The van der Waals surface area contributed by atoms with Crippen molar-refractivity contribution in [3.8, 4) is 0 Å². The number of allylic oxidation sites excluding steroid dienone is 2. The lowest BCUT2D eigenvalue weighted by Gasteiger charge is -2.21. The van der Waals surface area contributed by atoms with E-state index in [1.54, 1.807) is 32.4 Å². The highest BCUT2D eigenvalue weighted by molar-refractivity contribution is 5.92. The number of aromatic nitrogens is 5. The van der Waals surface area contributed by atoms with Crippen LogP contribution in [0.3, 0.4) is 0 Å². The van der Waals surface area contributed by atoms with Crippen LogP contribution in [0.5, 0.6) is 0 Å². The van der Waals surface area contributed by atoms with Crippen molar-refractivity contribution in [3.63, 3.8) is 0 Å². The molecule has 0 aliphatic rings. The SMILES string of the molecule is CC(C)=Cc1ncnc2nc(Cn3cccc(NC(=O)[C@@H](CC/C=C/C(=O)N(C)C)CN(C)C(=O)O)c3=O)[nH]c12. The fourth-order valence-electron chi connectivity index (χ4n) is 3.85. The van der Waals surface area contributed by atoms with Crippen LogP contribution >= 0.6 is 0 Å². The molecule has 0 spiro atoms. The average Bonchev–Trinajstić information content (AvgIpc) is 3.31. The number of anilines is 1. The number of imidazole rings is 1. The zero-order chi connectivity index (χ0) is 29.4. The summed E-state index contributed by atoms with van der Waals surface area (Å²) in [6.07, 6.45) is 7.42. The Labute approximate surface area is 231 Å². The monoisotopic (exact) mass is 550 g/mol. The molecule has 1 atom stereocenters. The first-order chi connectivity index (χ1) is 19.0. The number of pyridine rings is 1. The van der Waals surface area contributed by atoms with Crippen LogP contribution in [0.4, 0.5) is 10.5 Å². The van der Waals surface area contributed by atoms with Gasteiger partial charge >= 0.3 is 6.09 Å². The van der Waals surface area contributed by atoms with E-state index in [-0.39, 0.29) is 31.1 Å². The summed E-state index contributed by atoms with van der Waals surface area (Å²) >= 11 is 0. The highest BCUT2D eigenvalue weighted by Crippen LogP contribution is 2.16. The summed E-state index contributed by atoms with van der Waals surface area (Å²) in [6.45, 7) is 3.93. The molecule has 13 heteroatoms. The summed E-state index contributed by atoms with van der Waals surface area (Å²) in [7, 11) is 4.62. The Morgan fingerprint density at radius 2 is 1.95 bits per heavy atom. The minimum atomic E-state index is -1.18. The molecular formula is C27H34N8O5. The summed E-state index contributed by atoms with van der Waals surface area (Å²) in [5.41, 5.74) is 2.48. The molecule has 3 aromatic rings. The number of likely N-dealkylation sites (N-methyl/N-ethyl adjacent to an activating group) is 1. The third-order valence-electron chi connectivity index (χ3n) is 5.96. The number of hydrogen-bond donors (Lipinski definition) is 3. The minimum absolute atomic E-state index is 0.0509. The van der Waals surface area contributed by atoms with Crippen molar-refractivity contribution in [1.29, 1.82) is 0 Å². The predicted molar refractivity (Wildman–Crippen MR) is 151 cm³/mol. The van der Waals surface area contributed by atoms with Gasteiger partial charge in [0.25, 0.3) is 5.56 Å². The molecule has 3 N–H and O–H groups in total. The van der Waals surface area contributed by atoms with Gasteiger partial charge in [-0.05, 0) is 51.0 Å². The van der Waals surface area contributed by atoms with Crippen LogP contribution in [0.25, 0.3) is 17.2 Å². The highest BCUT2D eigenvalue weighted by Gasteiger charge is 2.23. The van der Waals surface area contributed by atoms with Crippen LogP contribution < -0.4 is 10.9 Å². The molecule has 40 heavy (non-hydrogen) atoms. The van der Waals surface area contributed by atoms with Crippen molar-refractivity contribution in [2.75, 3.05) is 33.0 Å². The van der Waals surface area contributed by atoms with E-state index in [9.17, 15) is 24.3 Å². The Kier molecular flexibility index (Phi) is 9.90. The maximum absolute atomic E-state index is 13.2. The van der Waals surface area contributed by atoms with Crippen molar-refractivity contribution in [3.05, 3.63) is 64.3 Å². The van der Waals surface area contributed by atoms with Gasteiger partial charge in [-0.3, -0.25) is 14.4 Å². The number of hydrogen-bond acceptors (Lipinski definition) is 7. The van der Waals surface area contributed by atoms with Crippen LogP contribution in [0, 0.1) is 5.92 Å². The second-order valence-electron chi connectivity index (χ2n) is 9.78. The van der Waals surface area contributed by atoms with Crippen LogP contribution in [0.15, 0.2) is 47.2 Å². The third kappa shape index (κ3) is 7.85. The van der Waals surface area contributed by atoms with Gasteiger partial charge in [0, 0.05) is 33.9 Å². The summed E-state index contributed by atoms with van der Waals surface area (Å²) in [5.74, 6) is -0.959. The summed E-state index contributed by atoms with van der Waals surface area (Å²) in [5, 5.41) is 12.0. The number of aromatic amines is 1. The van der Waals surface area contributed by atoms with Gasteiger partial charge in [-0.1, -0.05) is 11.6 Å². The van der Waals surface area contributed by atoms with E-state index in [1.807, 2.05) is 19.9 Å². The topological polar surface area (TPSA) is 166 Å². The zero-order valence-electron chi connectivity index (χ0n) is 23.2. The van der Waals surface area contributed by atoms with Gasteiger partial charge in [-0.15, -0.1) is 0 Å². The first-order valence-corrected chi connectivity index (χ1v) is 12.6. The number of H-pyrrole nitrogens is 1. The molecule has 0 radical (unpaired) electrons. The van der Waals surface area contributed by atoms with Crippen molar-refractivity contribution in [2.45, 2.75) is 33.2 Å². The van der Waals surface area contributed by atoms with E-state index >= 15 is 0 Å². The molecule has 0 aromatic carbocycles. The highest BCUT2D eigenvalue weighted by atomic mass is 16.4. The quantitative estimate of drug-likeness (QED) is 0.306. The van der Waals surface area contributed by atoms with E-state index in [0.29, 0.717) is 29.1 Å². The average molecular weight is 551 g/mol. The lowest BCUT2D eigenvalue weighted by atomic mass is 10.0. The van der Waals surface area contributed by atoms with Gasteiger partial charge in [0.1, 0.15) is 23.4 Å². The molecular weight excluding hydrogens is 516 g/mol. The van der Waals surface area contributed by atoms with Gasteiger partial charge < -0.3 is 29.8 Å². The lowest BCUT2D eigenvalue weighted by molar-refractivity contribution is -0.123. The Morgan fingerprint density at radius 3 is 2.62 bits per heavy atom. The maximum Gasteiger partial charge on any atom is 0.407 e. The van der Waals surface area contributed by atoms with Gasteiger partial charge in [0.15, 0.2) is 5.65 Å². The number of carbonyl (C=O) groups excluding carboxylic acids is 2. The molecule has 0 fully saturated rings. The van der Waals surface area contributed by atoms with Crippen molar-refractivity contribution < 1.29 is 19.5 Å². The van der Waals surface area contributed by atoms with Gasteiger partial charge in [0.2, 0.25) is 11.8 Å². The largest absolute Gasteiger partial charge is 0.465 e. The second kappa shape index (κ2) is 13.3. The number of fused-ring (bicyclic) bond motifs is 1. The minimum Gasteiger partial charge on any atom is -0.465 e. The molecule has 13 nitrogen and oxygen atoms in total. The first-order valence-electron chi connectivity index (χ1n) is 12.6. The Bertz CT molecular complexity index is 1500. The second-order valence-corrected chi connectivity index (χ2v) is 9.78. The molecule has 3 aromatic heterocycles. The van der Waals surface area contributed by atoms with E-state index in [0.717, 1.165) is 10.5 Å². The number of nitrogens with zero attached hydrogens (tertiary/aromatic N) is 6. The standard InChI is InChI=1S/C27H34N8O5/c1-17(2)13-20-23-24(29-16-28-20)32-21(31-23)15-35-12-8-10-19(26(35)38)30-25(37)18(14-34(5)27(39)40)9-6-7-11-22(36)33(3)4/h7-8,10-13,16,18H,6,9,14-15H2,1-5H3,(H,30,37)(H,39,40)(H,28,29,31,32)/b11-7+/t18-/m0/s1. The first kappa shape index (κ1) is 29.7. The molecule has 0 bridgehead atoms. The number of amides is 3. The lowest BCUT2D eigenvalue weighted by Crippen LogP contribution is -2.37. The van der Waals surface area contributed by atoms with Gasteiger partial charge in [-0.25, -0.2) is 19.7 Å². The summed E-state index contributed by atoms with van der Waals surface area (Å²) < 4.78 is 1.40. The molecule has 0 saturated heterocycles. The van der Waals surface area contributed by atoms with Gasteiger partial charge in [0.05, 0.1) is 18.2 Å². The smallest absolute Gasteiger partial charge is 0.407 e. The molecule has 3 heterocycles. The predicted octanol–water partition coefficient (Wildman–Crippen LogP) is 2.58. The molecule has 0 aliphatic heterocycles. The normalized spacial score (nSPS) is 11.8. The fourth-order valence-corrected chi connectivity index (χ4v) is 3.85. The van der Waals surface area contributed by atoms with Crippen LogP contribution in [-0.4, -0.2) is 85.0 Å². The molecule has 0 unspecified atom stereocenters. The van der Waals surface area contributed by atoms with E-state index in [2.05, 4.69) is 25.3 Å². The summed E-state index contributed by atoms with van der Waals surface area (Å²) in [4.78, 5) is 68.0. The van der Waals surface area contributed by atoms with E-state index in [4.69, 9.17) is 0 Å². The van der Waals surface area contributed by atoms with Crippen LogP contribution in [0.1, 0.15) is 38.2 Å². The Balaban J connectivity index is 1.78. The van der Waals surface area contributed by atoms with Crippen molar-refractivity contribution >= 4 is 40.8 Å². The van der Waals surface area contributed by atoms with Crippen LogP contribution in [0.2, 0.25) is 0 Å². The molecule has 212 valence electrons. The third-order valence-corrected chi connectivity index (χ3v) is 5.96. The van der Waals surface area contributed by atoms with Crippen LogP contribution in [-0.2, 0) is 16.1 Å². The molecule has 0 saturated carbocycles. The van der Waals surface area contributed by atoms with E-state index in [1.165, 1.54) is 35.0 Å².